The first-order valence-electron chi connectivity index (χ1n) is 10.8. The number of aliphatic carboxylic acids is 1. The summed E-state index contributed by atoms with van der Waals surface area (Å²) in [6.07, 6.45) is 1.47. The second-order valence-corrected chi connectivity index (χ2v) is 8.59. The third-order valence-corrected chi connectivity index (χ3v) is 6.55. The monoisotopic (exact) mass is 459 g/mol. The van der Waals surface area contributed by atoms with Crippen LogP contribution in [0.25, 0.3) is 0 Å². The molecule has 0 spiro atoms. The number of amides is 1. The summed E-state index contributed by atoms with van der Waals surface area (Å²) in [5, 5.41) is 16.4. The van der Waals surface area contributed by atoms with Crippen molar-refractivity contribution in [1.82, 2.24) is 0 Å². The highest BCUT2D eigenvalue weighted by Gasteiger charge is 2.39. The Kier molecular flexibility index (Phi) is 5.60. The predicted octanol–water partition coefficient (Wildman–Crippen LogP) is 5.28. The highest BCUT2D eigenvalue weighted by atomic mass is 35.5. The van der Waals surface area contributed by atoms with Gasteiger partial charge in [-0.05, 0) is 54.3 Å². The lowest BCUT2D eigenvalue weighted by Gasteiger charge is -2.31. The highest BCUT2D eigenvalue weighted by molar-refractivity contribution is 6.31. The topological polar surface area (TPSA) is 73.2 Å². The van der Waals surface area contributed by atoms with E-state index < -0.39 is 12.0 Å². The normalized spacial score (nSPS) is 20.3. The molecule has 33 heavy (non-hydrogen) atoms. The molecule has 0 saturated carbocycles. The van der Waals surface area contributed by atoms with Crippen LogP contribution in [0.1, 0.15) is 36.4 Å². The number of hydrazone groups is 1. The van der Waals surface area contributed by atoms with E-state index in [4.69, 9.17) is 11.6 Å². The minimum atomic E-state index is -0.861. The van der Waals surface area contributed by atoms with Gasteiger partial charge < -0.3 is 10.0 Å². The molecule has 7 heteroatoms. The number of benzene rings is 3. The molecule has 1 fully saturated rings. The van der Waals surface area contributed by atoms with Crippen molar-refractivity contribution in [2.45, 2.75) is 31.3 Å². The van der Waals surface area contributed by atoms with Crippen molar-refractivity contribution in [1.29, 1.82) is 0 Å². The van der Waals surface area contributed by atoms with Gasteiger partial charge in [-0.25, -0.2) is 9.80 Å². The van der Waals surface area contributed by atoms with Gasteiger partial charge in [0.15, 0.2) is 0 Å². The van der Waals surface area contributed by atoms with Crippen LogP contribution in [-0.4, -0.2) is 28.7 Å². The van der Waals surface area contributed by atoms with Crippen molar-refractivity contribution in [3.8, 4) is 0 Å². The Hall–Kier alpha value is -3.64. The number of hydrogen-bond acceptors (Lipinski definition) is 4. The summed E-state index contributed by atoms with van der Waals surface area (Å²) in [5.41, 5.74) is 3.99. The minimum absolute atomic E-state index is 0.0971. The molecule has 0 aliphatic carbocycles. The van der Waals surface area contributed by atoms with Gasteiger partial charge in [-0.3, -0.25) is 4.79 Å². The number of carbonyl (C=O) groups excluding carboxylic acids is 1. The van der Waals surface area contributed by atoms with Gasteiger partial charge in [0, 0.05) is 10.7 Å². The zero-order chi connectivity index (χ0) is 22.9. The van der Waals surface area contributed by atoms with E-state index >= 15 is 0 Å². The SMILES string of the molecule is O=C(O)[C@@H]1CC[C@H](c2ccccc2Cl)N1c1ccc(N2N=C(c3ccccc3)CC2=O)cc1. The lowest BCUT2D eigenvalue weighted by molar-refractivity contribution is -0.138. The second-order valence-electron chi connectivity index (χ2n) is 8.19. The number of rotatable bonds is 5. The number of carboxylic acids is 1. The fourth-order valence-electron chi connectivity index (χ4n) is 4.65. The van der Waals surface area contributed by atoms with Gasteiger partial charge >= 0.3 is 5.97 Å². The third kappa shape index (κ3) is 3.98. The Morgan fingerprint density at radius 2 is 1.58 bits per heavy atom. The molecule has 1 N–H and O–H groups in total. The van der Waals surface area contributed by atoms with E-state index in [1.165, 1.54) is 5.01 Å². The van der Waals surface area contributed by atoms with E-state index in [1.807, 2.05) is 83.8 Å². The molecule has 3 aromatic carbocycles. The number of anilines is 2. The van der Waals surface area contributed by atoms with Crippen LogP contribution in [0.4, 0.5) is 11.4 Å². The van der Waals surface area contributed by atoms with Gasteiger partial charge in [0.1, 0.15) is 6.04 Å². The van der Waals surface area contributed by atoms with Gasteiger partial charge in [0.05, 0.1) is 23.9 Å². The number of hydrogen-bond donors (Lipinski definition) is 1. The molecule has 0 radical (unpaired) electrons. The zero-order valence-electron chi connectivity index (χ0n) is 17.8. The molecule has 2 atom stereocenters. The maximum absolute atomic E-state index is 12.6. The summed E-state index contributed by atoms with van der Waals surface area (Å²) >= 11 is 6.44. The average Bonchev–Trinajstić information content (AvgIpc) is 3.44. The standard InChI is InChI=1S/C26H22ClN3O3/c27-21-9-5-4-8-20(21)23-14-15-24(26(32)33)29(23)18-10-12-19(13-11-18)30-25(31)16-22(28-30)17-6-2-1-3-7-17/h1-13,23-24H,14-16H2,(H,32,33)/t23-,24+/m1/s1. The molecule has 0 bridgehead atoms. The number of halogens is 1. The van der Waals surface area contributed by atoms with Crippen molar-refractivity contribution in [2.24, 2.45) is 5.10 Å². The molecule has 0 aromatic heterocycles. The quantitative estimate of drug-likeness (QED) is 0.563. The predicted molar refractivity (Wildman–Crippen MR) is 129 cm³/mol. The van der Waals surface area contributed by atoms with Crippen molar-refractivity contribution in [2.75, 3.05) is 9.91 Å². The Morgan fingerprint density at radius 1 is 0.909 bits per heavy atom. The van der Waals surface area contributed by atoms with Gasteiger partial charge in [-0.15, -0.1) is 0 Å². The van der Waals surface area contributed by atoms with E-state index in [1.54, 1.807) is 0 Å². The van der Waals surface area contributed by atoms with Crippen molar-refractivity contribution in [3.05, 3.63) is 95.0 Å². The van der Waals surface area contributed by atoms with E-state index in [9.17, 15) is 14.7 Å². The Balaban J connectivity index is 1.45. The van der Waals surface area contributed by atoms with Crippen LogP contribution in [0.2, 0.25) is 5.02 Å². The van der Waals surface area contributed by atoms with Gasteiger partial charge in [-0.2, -0.15) is 5.10 Å². The third-order valence-electron chi connectivity index (χ3n) is 6.21. The molecule has 3 aromatic rings. The summed E-state index contributed by atoms with van der Waals surface area (Å²) in [4.78, 5) is 26.5. The molecule has 166 valence electrons. The number of carbonyl (C=O) groups is 2. The summed E-state index contributed by atoms with van der Waals surface area (Å²) in [6, 6.07) is 23.7. The van der Waals surface area contributed by atoms with Gasteiger partial charge in [0.2, 0.25) is 0 Å². The Morgan fingerprint density at radius 3 is 2.27 bits per heavy atom. The van der Waals surface area contributed by atoms with E-state index in [2.05, 4.69) is 5.10 Å². The lowest BCUT2D eigenvalue weighted by atomic mass is 10.0. The van der Waals surface area contributed by atoms with Gasteiger partial charge in [-0.1, -0.05) is 60.1 Å². The fraction of sp³-hybridized carbons (Fsp3) is 0.192. The Bertz CT molecular complexity index is 1230. The maximum Gasteiger partial charge on any atom is 0.326 e. The van der Waals surface area contributed by atoms with Crippen molar-refractivity contribution in [3.63, 3.8) is 0 Å². The van der Waals surface area contributed by atoms with Gasteiger partial charge in [0.25, 0.3) is 5.91 Å². The molecule has 1 saturated heterocycles. The minimum Gasteiger partial charge on any atom is -0.480 e. The first-order chi connectivity index (χ1) is 16.0. The van der Waals surface area contributed by atoms with Crippen LogP contribution in [0.15, 0.2) is 84.0 Å². The van der Waals surface area contributed by atoms with Crippen molar-refractivity contribution < 1.29 is 14.7 Å². The first kappa shape index (κ1) is 21.2. The fourth-order valence-corrected chi connectivity index (χ4v) is 4.91. The van der Waals surface area contributed by atoms with E-state index in [0.717, 1.165) is 22.5 Å². The lowest BCUT2D eigenvalue weighted by Crippen LogP contribution is -2.37. The van der Waals surface area contributed by atoms with Crippen LogP contribution in [0, 0.1) is 0 Å². The first-order valence-corrected chi connectivity index (χ1v) is 11.2. The molecule has 1 amide bonds. The maximum atomic E-state index is 12.6. The average molecular weight is 460 g/mol. The number of nitrogens with zero attached hydrogens (tertiary/aromatic N) is 3. The smallest absolute Gasteiger partial charge is 0.326 e. The van der Waals surface area contributed by atoms with Crippen LogP contribution < -0.4 is 9.91 Å². The van der Waals surface area contributed by atoms with E-state index in [-0.39, 0.29) is 18.4 Å². The summed E-state index contributed by atoms with van der Waals surface area (Å²) < 4.78 is 0. The van der Waals surface area contributed by atoms with Crippen LogP contribution in [-0.2, 0) is 9.59 Å². The molecule has 2 heterocycles. The summed E-state index contributed by atoms with van der Waals surface area (Å²) in [5.74, 6) is -0.958. The molecule has 0 unspecified atom stereocenters. The summed E-state index contributed by atoms with van der Waals surface area (Å²) in [6.45, 7) is 0. The highest BCUT2D eigenvalue weighted by Crippen LogP contribution is 2.42. The molecular weight excluding hydrogens is 438 g/mol. The summed E-state index contributed by atoms with van der Waals surface area (Å²) in [7, 11) is 0. The van der Waals surface area contributed by atoms with E-state index in [0.29, 0.717) is 23.6 Å². The molecule has 5 rings (SSSR count). The number of carboxylic acid groups (broad SMARTS) is 1. The molecule has 2 aliphatic heterocycles. The molecule has 6 nitrogen and oxygen atoms in total. The zero-order valence-corrected chi connectivity index (χ0v) is 18.5. The Labute approximate surface area is 196 Å². The van der Waals surface area contributed by atoms with Crippen LogP contribution in [0.3, 0.4) is 0 Å². The van der Waals surface area contributed by atoms with Crippen LogP contribution in [0.5, 0.6) is 0 Å². The largest absolute Gasteiger partial charge is 0.480 e. The van der Waals surface area contributed by atoms with Crippen LogP contribution >= 0.6 is 11.6 Å². The van der Waals surface area contributed by atoms with Crippen molar-refractivity contribution >= 4 is 40.6 Å². The molecular formula is C26H22ClN3O3. The second kappa shape index (κ2) is 8.71. The molecule has 2 aliphatic rings.